The van der Waals surface area contributed by atoms with Crippen molar-refractivity contribution in [3.05, 3.63) is 60.7 Å². The fourth-order valence-electron chi connectivity index (χ4n) is 2.84. The highest BCUT2D eigenvalue weighted by molar-refractivity contribution is 5.87. The Bertz CT molecular complexity index is 761. The van der Waals surface area contributed by atoms with Gasteiger partial charge < -0.3 is 14.7 Å². The molecule has 1 heterocycles. The van der Waals surface area contributed by atoms with Crippen molar-refractivity contribution in [1.29, 1.82) is 0 Å². The molecular weight excluding hydrogens is 272 g/mol. The normalized spacial score (nSPS) is 12.4. The van der Waals surface area contributed by atoms with Crippen molar-refractivity contribution in [1.82, 2.24) is 9.88 Å². The van der Waals surface area contributed by atoms with Crippen molar-refractivity contribution in [3.63, 3.8) is 0 Å². The van der Waals surface area contributed by atoms with Crippen LogP contribution in [0.3, 0.4) is 0 Å². The van der Waals surface area contributed by atoms with Crippen LogP contribution in [0.15, 0.2) is 60.7 Å². The molecule has 3 heteroatoms. The largest absolute Gasteiger partial charge is 0.339 e. The van der Waals surface area contributed by atoms with Crippen LogP contribution < -0.4 is 5.32 Å². The molecule has 1 atom stereocenters. The standard InChI is InChI=1S/C19H20N2O/c1-15(20-11-12-22)14-21-18-10-6-5-9-17(18)13-19(21)16-7-3-2-4-8-16/h2-10,12-13,15,20H,11,14H2,1H3/t15-/m0/s1. The summed E-state index contributed by atoms with van der Waals surface area (Å²) in [5.41, 5.74) is 3.64. The molecule has 1 N–H and O–H groups in total. The number of nitrogens with one attached hydrogen (secondary N) is 1. The molecule has 0 radical (unpaired) electrons. The van der Waals surface area contributed by atoms with Gasteiger partial charge in [0.1, 0.15) is 6.29 Å². The fourth-order valence-corrected chi connectivity index (χ4v) is 2.84. The molecule has 3 aromatic rings. The quantitative estimate of drug-likeness (QED) is 0.706. The zero-order chi connectivity index (χ0) is 15.4. The van der Waals surface area contributed by atoms with E-state index in [1.165, 1.54) is 22.2 Å². The van der Waals surface area contributed by atoms with Gasteiger partial charge in [-0.2, -0.15) is 0 Å². The molecule has 2 aromatic carbocycles. The molecule has 22 heavy (non-hydrogen) atoms. The molecule has 0 saturated carbocycles. The molecule has 0 fully saturated rings. The molecule has 3 nitrogen and oxygen atoms in total. The van der Waals surface area contributed by atoms with Crippen LogP contribution in [0.2, 0.25) is 0 Å². The summed E-state index contributed by atoms with van der Waals surface area (Å²) in [6, 6.07) is 21.3. The molecule has 3 rings (SSSR count). The van der Waals surface area contributed by atoms with Crippen LogP contribution in [0.4, 0.5) is 0 Å². The highest BCUT2D eigenvalue weighted by atomic mass is 16.1. The van der Waals surface area contributed by atoms with Crippen LogP contribution in [-0.2, 0) is 11.3 Å². The average Bonchev–Trinajstić information content (AvgIpc) is 2.92. The number of rotatable bonds is 6. The van der Waals surface area contributed by atoms with Gasteiger partial charge in [-0.15, -0.1) is 0 Å². The van der Waals surface area contributed by atoms with Crippen LogP contribution >= 0.6 is 0 Å². The van der Waals surface area contributed by atoms with E-state index < -0.39 is 0 Å². The van der Waals surface area contributed by atoms with Gasteiger partial charge in [0.25, 0.3) is 0 Å². The van der Waals surface area contributed by atoms with E-state index in [1.54, 1.807) is 0 Å². The van der Waals surface area contributed by atoms with Gasteiger partial charge in [0.15, 0.2) is 0 Å². The number of carbonyl (C=O) groups is 1. The van der Waals surface area contributed by atoms with Crippen LogP contribution in [0.5, 0.6) is 0 Å². The van der Waals surface area contributed by atoms with Gasteiger partial charge in [0.05, 0.1) is 6.54 Å². The molecule has 112 valence electrons. The van der Waals surface area contributed by atoms with E-state index in [9.17, 15) is 4.79 Å². The number of hydrogen-bond acceptors (Lipinski definition) is 2. The maximum absolute atomic E-state index is 10.5. The maximum Gasteiger partial charge on any atom is 0.133 e. The lowest BCUT2D eigenvalue weighted by Crippen LogP contribution is -2.31. The first-order valence-corrected chi connectivity index (χ1v) is 7.60. The summed E-state index contributed by atoms with van der Waals surface area (Å²) in [6.45, 7) is 3.32. The minimum atomic E-state index is 0.225. The molecule has 0 aliphatic heterocycles. The van der Waals surface area contributed by atoms with E-state index in [2.05, 4.69) is 71.4 Å². The summed E-state index contributed by atoms with van der Waals surface area (Å²) in [5.74, 6) is 0. The Morgan fingerprint density at radius 1 is 1.09 bits per heavy atom. The number of hydrogen-bond donors (Lipinski definition) is 1. The lowest BCUT2D eigenvalue weighted by atomic mass is 10.1. The van der Waals surface area contributed by atoms with Crippen LogP contribution in [-0.4, -0.2) is 23.4 Å². The Balaban J connectivity index is 2.03. The second-order valence-corrected chi connectivity index (χ2v) is 5.54. The zero-order valence-corrected chi connectivity index (χ0v) is 12.7. The first-order chi connectivity index (χ1) is 10.8. The molecule has 0 bridgehead atoms. The second kappa shape index (κ2) is 6.58. The molecule has 0 amide bonds. The average molecular weight is 292 g/mol. The third kappa shape index (κ3) is 2.95. The zero-order valence-electron chi connectivity index (χ0n) is 12.7. The third-order valence-electron chi connectivity index (χ3n) is 3.89. The highest BCUT2D eigenvalue weighted by Gasteiger charge is 2.12. The van der Waals surface area contributed by atoms with E-state index in [1.807, 2.05) is 6.07 Å². The predicted octanol–water partition coefficient (Wildman–Crippen LogP) is 3.49. The van der Waals surface area contributed by atoms with Crippen LogP contribution in [0, 0.1) is 0 Å². The van der Waals surface area contributed by atoms with Gasteiger partial charge in [-0.25, -0.2) is 0 Å². The minimum absolute atomic E-state index is 0.225. The summed E-state index contributed by atoms with van der Waals surface area (Å²) >= 11 is 0. The van der Waals surface area contributed by atoms with Crippen LogP contribution in [0.25, 0.3) is 22.2 Å². The van der Waals surface area contributed by atoms with Gasteiger partial charge in [-0.1, -0.05) is 48.5 Å². The van der Waals surface area contributed by atoms with Crippen molar-refractivity contribution in [2.75, 3.05) is 6.54 Å². The molecule has 0 saturated heterocycles. The number of carbonyl (C=O) groups excluding carboxylic acids is 1. The molecule has 0 unspecified atom stereocenters. The van der Waals surface area contributed by atoms with Crippen molar-refractivity contribution in [3.8, 4) is 11.3 Å². The summed E-state index contributed by atoms with van der Waals surface area (Å²) < 4.78 is 2.33. The topological polar surface area (TPSA) is 34.0 Å². The number of aromatic nitrogens is 1. The Morgan fingerprint density at radius 2 is 1.82 bits per heavy atom. The minimum Gasteiger partial charge on any atom is -0.339 e. The van der Waals surface area contributed by atoms with Crippen molar-refractivity contribution >= 4 is 17.2 Å². The molecule has 1 aromatic heterocycles. The molecule has 0 aliphatic rings. The van der Waals surface area contributed by atoms with Gasteiger partial charge in [-0.3, -0.25) is 0 Å². The van der Waals surface area contributed by atoms with Crippen molar-refractivity contribution < 1.29 is 4.79 Å². The van der Waals surface area contributed by atoms with E-state index >= 15 is 0 Å². The Morgan fingerprint density at radius 3 is 2.59 bits per heavy atom. The lowest BCUT2D eigenvalue weighted by Gasteiger charge is -2.17. The van der Waals surface area contributed by atoms with E-state index in [0.717, 1.165) is 12.8 Å². The van der Waals surface area contributed by atoms with Gasteiger partial charge in [0.2, 0.25) is 0 Å². The van der Waals surface area contributed by atoms with Gasteiger partial charge in [0, 0.05) is 29.2 Å². The van der Waals surface area contributed by atoms with Crippen LogP contribution in [0.1, 0.15) is 6.92 Å². The second-order valence-electron chi connectivity index (χ2n) is 5.54. The lowest BCUT2D eigenvalue weighted by molar-refractivity contribution is -0.107. The monoisotopic (exact) mass is 292 g/mol. The summed E-state index contributed by atoms with van der Waals surface area (Å²) in [5, 5.41) is 4.46. The predicted molar refractivity (Wildman–Crippen MR) is 90.9 cm³/mol. The Hall–Kier alpha value is -2.39. The van der Waals surface area contributed by atoms with Crippen molar-refractivity contribution in [2.24, 2.45) is 0 Å². The first kappa shape index (κ1) is 14.5. The third-order valence-corrected chi connectivity index (χ3v) is 3.89. The van der Waals surface area contributed by atoms with Crippen molar-refractivity contribution in [2.45, 2.75) is 19.5 Å². The number of para-hydroxylation sites is 1. The van der Waals surface area contributed by atoms with E-state index in [-0.39, 0.29) is 6.04 Å². The Labute approximate surface area is 130 Å². The SMILES string of the molecule is C[C@@H](Cn1c(-c2ccccc2)cc2ccccc21)NCC=O. The number of aldehydes is 1. The van der Waals surface area contributed by atoms with Gasteiger partial charge in [-0.05, 0) is 24.6 Å². The molecule has 0 spiro atoms. The summed E-state index contributed by atoms with van der Waals surface area (Å²) in [6.07, 6.45) is 0.905. The van der Waals surface area contributed by atoms with E-state index in [0.29, 0.717) is 6.54 Å². The van der Waals surface area contributed by atoms with Gasteiger partial charge >= 0.3 is 0 Å². The number of nitrogens with zero attached hydrogens (tertiary/aromatic N) is 1. The maximum atomic E-state index is 10.5. The smallest absolute Gasteiger partial charge is 0.133 e. The summed E-state index contributed by atoms with van der Waals surface area (Å²) in [4.78, 5) is 10.5. The molecule has 0 aliphatic carbocycles. The number of fused-ring (bicyclic) bond motifs is 1. The Kier molecular flexibility index (Phi) is 4.35. The summed E-state index contributed by atoms with van der Waals surface area (Å²) in [7, 11) is 0. The highest BCUT2D eigenvalue weighted by Crippen LogP contribution is 2.28. The fraction of sp³-hybridized carbons (Fsp3) is 0.211. The van der Waals surface area contributed by atoms with E-state index in [4.69, 9.17) is 0 Å². The number of benzene rings is 2. The molecular formula is C19H20N2O. The first-order valence-electron chi connectivity index (χ1n) is 7.60.